The molecule has 2 rings (SSSR count). The van der Waals surface area contributed by atoms with E-state index in [9.17, 15) is 0 Å². The van der Waals surface area contributed by atoms with Gasteiger partial charge in [0, 0.05) is 6.54 Å². The molecular formula is C18H23NO2. The van der Waals surface area contributed by atoms with Gasteiger partial charge in [-0.05, 0) is 23.6 Å². The van der Waals surface area contributed by atoms with Crippen molar-refractivity contribution in [3.05, 3.63) is 71.3 Å². The minimum atomic E-state index is 0.0694. The van der Waals surface area contributed by atoms with Gasteiger partial charge in [-0.25, -0.2) is 0 Å². The Morgan fingerprint density at radius 3 is 2.43 bits per heavy atom. The lowest BCUT2D eigenvalue weighted by Gasteiger charge is -2.21. The number of hydrogen-bond acceptors (Lipinski definition) is 3. The van der Waals surface area contributed by atoms with E-state index in [1.807, 2.05) is 6.07 Å². The van der Waals surface area contributed by atoms with Crippen LogP contribution in [0.4, 0.5) is 0 Å². The number of hydrogen-bond donors (Lipinski definition) is 2. The lowest BCUT2D eigenvalue weighted by Crippen LogP contribution is -2.27. The number of aliphatic hydroxyl groups is 1. The Morgan fingerprint density at radius 1 is 1.00 bits per heavy atom. The zero-order valence-electron chi connectivity index (χ0n) is 12.5. The average molecular weight is 285 g/mol. The van der Waals surface area contributed by atoms with Gasteiger partial charge in [0.05, 0.1) is 25.9 Å². The highest BCUT2D eigenvalue weighted by Gasteiger charge is 2.14. The zero-order valence-corrected chi connectivity index (χ0v) is 12.5. The van der Waals surface area contributed by atoms with E-state index < -0.39 is 0 Å². The number of benzene rings is 2. The molecule has 2 aromatic rings. The van der Waals surface area contributed by atoms with Crippen LogP contribution in [-0.4, -0.2) is 31.5 Å². The highest BCUT2D eigenvalue weighted by Crippen LogP contribution is 2.24. The second-order valence-corrected chi connectivity index (χ2v) is 4.99. The predicted molar refractivity (Wildman–Crippen MR) is 85.4 cm³/mol. The fourth-order valence-corrected chi connectivity index (χ4v) is 2.41. The van der Waals surface area contributed by atoms with Crippen LogP contribution in [0, 0.1) is 6.92 Å². The van der Waals surface area contributed by atoms with Crippen LogP contribution in [0.2, 0.25) is 0 Å². The van der Waals surface area contributed by atoms with E-state index in [1.165, 1.54) is 16.7 Å². The molecule has 0 aliphatic heterocycles. The van der Waals surface area contributed by atoms with Crippen molar-refractivity contribution in [1.29, 1.82) is 0 Å². The van der Waals surface area contributed by atoms with Gasteiger partial charge < -0.3 is 15.2 Å². The van der Waals surface area contributed by atoms with Gasteiger partial charge in [0.15, 0.2) is 0 Å². The minimum Gasteiger partial charge on any atom is -0.394 e. The third kappa shape index (κ3) is 4.67. The van der Waals surface area contributed by atoms with Crippen LogP contribution in [0.5, 0.6) is 0 Å². The Labute approximate surface area is 126 Å². The van der Waals surface area contributed by atoms with Crippen LogP contribution >= 0.6 is 0 Å². The largest absolute Gasteiger partial charge is 0.394 e. The number of aliphatic hydroxyl groups excluding tert-OH is 1. The van der Waals surface area contributed by atoms with Crippen LogP contribution in [-0.2, 0) is 4.74 Å². The molecule has 0 radical (unpaired) electrons. The molecule has 0 bridgehead atoms. The Bertz CT molecular complexity index is 528. The maximum Gasteiger partial charge on any atom is 0.0698 e. The van der Waals surface area contributed by atoms with Crippen molar-refractivity contribution in [3.63, 3.8) is 0 Å². The van der Waals surface area contributed by atoms with Gasteiger partial charge in [-0.2, -0.15) is 0 Å². The van der Waals surface area contributed by atoms with Crippen molar-refractivity contribution in [2.45, 2.75) is 13.0 Å². The van der Waals surface area contributed by atoms with Gasteiger partial charge in [0.2, 0.25) is 0 Å². The maximum atomic E-state index is 8.72. The molecule has 0 spiro atoms. The lowest BCUT2D eigenvalue weighted by molar-refractivity contribution is 0.0931. The summed E-state index contributed by atoms with van der Waals surface area (Å²) in [6.07, 6.45) is 0. The van der Waals surface area contributed by atoms with Crippen LogP contribution in [0.1, 0.15) is 22.7 Å². The molecule has 0 saturated heterocycles. The monoisotopic (exact) mass is 285 g/mol. The molecule has 3 nitrogen and oxygen atoms in total. The average Bonchev–Trinajstić information content (AvgIpc) is 2.53. The van der Waals surface area contributed by atoms with Gasteiger partial charge in [0.1, 0.15) is 0 Å². The molecular weight excluding hydrogens is 262 g/mol. The first-order chi connectivity index (χ1) is 10.3. The quantitative estimate of drug-likeness (QED) is 0.733. The van der Waals surface area contributed by atoms with Crippen molar-refractivity contribution in [1.82, 2.24) is 5.32 Å². The van der Waals surface area contributed by atoms with Crippen molar-refractivity contribution >= 4 is 0 Å². The van der Waals surface area contributed by atoms with E-state index in [4.69, 9.17) is 9.84 Å². The maximum absolute atomic E-state index is 8.72. The first-order valence-electron chi connectivity index (χ1n) is 7.35. The number of ether oxygens (including phenoxy) is 1. The van der Waals surface area contributed by atoms with Crippen LogP contribution in [0.25, 0.3) is 0 Å². The van der Waals surface area contributed by atoms with E-state index in [1.54, 1.807) is 0 Å². The molecule has 112 valence electrons. The summed E-state index contributed by atoms with van der Waals surface area (Å²) in [6, 6.07) is 19.0. The van der Waals surface area contributed by atoms with Gasteiger partial charge in [-0.15, -0.1) is 0 Å². The second-order valence-electron chi connectivity index (χ2n) is 4.99. The SMILES string of the molecule is Cc1ccccc1C(NCCOCCO)c1ccccc1. The van der Waals surface area contributed by atoms with Gasteiger partial charge in [-0.1, -0.05) is 54.6 Å². The number of nitrogens with one attached hydrogen (secondary N) is 1. The van der Waals surface area contributed by atoms with Crippen molar-refractivity contribution in [3.8, 4) is 0 Å². The third-order valence-electron chi connectivity index (χ3n) is 3.46. The summed E-state index contributed by atoms with van der Waals surface area (Å²) in [6.45, 7) is 3.93. The van der Waals surface area contributed by atoms with E-state index in [-0.39, 0.29) is 12.6 Å². The summed E-state index contributed by atoms with van der Waals surface area (Å²) >= 11 is 0. The summed E-state index contributed by atoms with van der Waals surface area (Å²) in [5, 5.41) is 12.3. The molecule has 0 aliphatic carbocycles. The molecule has 0 aromatic heterocycles. The Hall–Kier alpha value is -1.68. The summed E-state index contributed by atoms with van der Waals surface area (Å²) in [4.78, 5) is 0. The van der Waals surface area contributed by atoms with Gasteiger partial charge in [0.25, 0.3) is 0 Å². The van der Waals surface area contributed by atoms with Crippen molar-refractivity contribution in [2.24, 2.45) is 0 Å². The first-order valence-corrected chi connectivity index (χ1v) is 7.35. The molecule has 2 aromatic carbocycles. The molecule has 1 unspecified atom stereocenters. The van der Waals surface area contributed by atoms with E-state index >= 15 is 0 Å². The fraction of sp³-hybridized carbons (Fsp3) is 0.333. The summed E-state index contributed by atoms with van der Waals surface area (Å²) < 4.78 is 5.32. The van der Waals surface area contributed by atoms with E-state index in [2.05, 4.69) is 60.8 Å². The van der Waals surface area contributed by atoms with Crippen LogP contribution in [0.3, 0.4) is 0 Å². The molecule has 0 heterocycles. The molecule has 0 fully saturated rings. The Morgan fingerprint density at radius 2 is 1.71 bits per heavy atom. The predicted octanol–water partition coefficient (Wildman–Crippen LogP) is 2.68. The van der Waals surface area contributed by atoms with Crippen LogP contribution in [0.15, 0.2) is 54.6 Å². The van der Waals surface area contributed by atoms with E-state index in [0.717, 1.165) is 6.54 Å². The highest BCUT2D eigenvalue weighted by molar-refractivity contribution is 5.36. The van der Waals surface area contributed by atoms with E-state index in [0.29, 0.717) is 13.2 Å². The van der Waals surface area contributed by atoms with Crippen molar-refractivity contribution < 1.29 is 9.84 Å². The highest BCUT2D eigenvalue weighted by atomic mass is 16.5. The van der Waals surface area contributed by atoms with Crippen LogP contribution < -0.4 is 5.32 Å². The first kappa shape index (κ1) is 15.7. The molecule has 2 N–H and O–H groups in total. The molecule has 3 heteroatoms. The zero-order chi connectivity index (χ0) is 14.9. The molecule has 0 saturated carbocycles. The van der Waals surface area contributed by atoms with Crippen molar-refractivity contribution in [2.75, 3.05) is 26.4 Å². The summed E-state index contributed by atoms with van der Waals surface area (Å²) in [5.41, 5.74) is 3.80. The minimum absolute atomic E-state index is 0.0694. The molecule has 21 heavy (non-hydrogen) atoms. The summed E-state index contributed by atoms with van der Waals surface area (Å²) in [5.74, 6) is 0. The molecule has 0 aliphatic rings. The molecule has 0 amide bonds. The smallest absolute Gasteiger partial charge is 0.0698 e. The summed E-state index contributed by atoms with van der Waals surface area (Å²) in [7, 11) is 0. The van der Waals surface area contributed by atoms with Gasteiger partial charge in [-0.3, -0.25) is 0 Å². The lowest BCUT2D eigenvalue weighted by atomic mass is 9.95. The third-order valence-corrected chi connectivity index (χ3v) is 3.46. The normalized spacial score (nSPS) is 12.3. The standard InChI is InChI=1S/C18H23NO2/c1-15-7-5-6-10-17(15)18(16-8-3-2-4-9-16)19-11-13-21-14-12-20/h2-10,18-20H,11-14H2,1H3. The Balaban J connectivity index is 2.10. The molecule has 1 atom stereocenters. The van der Waals surface area contributed by atoms with Gasteiger partial charge >= 0.3 is 0 Å². The number of aryl methyl sites for hydroxylation is 1. The topological polar surface area (TPSA) is 41.5 Å². The number of rotatable bonds is 8. The Kier molecular flexibility index (Phi) is 6.41. The second kappa shape index (κ2) is 8.57. The fourth-order valence-electron chi connectivity index (χ4n) is 2.41.